The Morgan fingerprint density at radius 2 is 2.32 bits per heavy atom. The Morgan fingerprint density at radius 3 is 3.11 bits per heavy atom. The normalized spacial score (nSPS) is 30.7. The minimum absolute atomic E-state index is 0.0631. The van der Waals surface area contributed by atoms with Crippen molar-refractivity contribution in [1.29, 1.82) is 0 Å². The van der Waals surface area contributed by atoms with Crippen LogP contribution in [0.3, 0.4) is 0 Å². The van der Waals surface area contributed by atoms with Crippen LogP contribution in [-0.4, -0.2) is 25.3 Å². The fourth-order valence-electron chi connectivity index (χ4n) is 3.42. The van der Waals surface area contributed by atoms with Crippen molar-refractivity contribution < 1.29 is 0 Å². The molecule has 0 saturated heterocycles. The Hall–Kier alpha value is -0.860. The van der Waals surface area contributed by atoms with Crippen molar-refractivity contribution in [2.45, 2.75) is 44.1 Å². The molecule has 2 aliphatic rings. The summed E-state index contributed by atoms with van der Waals surface area (Å²) in [5, 5.41) is 4.42. The van der Waals surface area contributed by atoms with E-state index in [0.29, 0.717) is 6.04 Å². The van der Waals surface area contributed by atoms with E-state index in [9.17, 15) is 0 Å². The van der Waals surface area contributed by atoms with Crippen LogP contribution in [0.5, 0.6) is 0 Å². The molecule has 19 heavy (non-hydrogen) atoms. The number of benzene rings is 1. The number of fused-ring (bicyclic) bond motifs is 1. The minimum atomic E-state index is 0.0631. The van der Waals surface area contributed by atoms with Crippen LogP contribution in [0.1, 0.15) is 37.3 Å². The van der Waals surface area contributed by atoms with Crippen molar-refractivity contribution in [2.24, 2.45) is 4.99 Å². The van der Waals surface area contributed by atoms with Crippen LogP contribution < -0.4 is 5.32 Å². The van der Waals surface area contributed by atoms with E-state index in [1.54, 1.807) is 0 Å². The van der Waals surface area contributed by atoms with Crippen molar-refractivity contribution in [2.75, 3.05) is 13.1 Å². The summed E-state index contributed by atoms with van der Waals surface area (Å²) < 4.78 is 0. The highest BCUT2D eigenvalue weighted by Gasteiger charge is 2.38. The molecule has 0 spiro atoms. The average Bonchev–Trinajstić information content (AvgIpc) is 2.61. The van der Waals surface area contributed by atoms with Crippen LogP contribution in [0, 0.1) is 0 Å². The predicted octanol–water partition coefficient (Wildman–Crippen LogP) is 3.37. The third kappa shape index (κ3) is 2.44. The molecular formula is C16H21ClN2. The molecule has 102 valence electrons. The second-order valence-corrected chi connectivity index (χ2v) is 6.36. The molecule has 0 saturated carbocycles. The second kappa shape index (κ2) is 5.26. The SMILES string of the molecule is C[C@]1(C2CCCC=N2)CNCCc2ccc(Cl)cc21. The van der Waals surface area contributed by atoms with Crippen LogP contribution in [0.25, 0.3) is 0 Å². The molecule has 2 aliphatic heterocycles. The number of hydrogen-bond acceptors (Lipinski definition) is 2. The van der Waals surface area contributed by atoms with E-state index < -0.39 is 0 Å². The van der Waals surface area contributed by atoms with Gasteiger partial charge in [0.1, 0.15) is 0 Å². The van der Waals surface area contributed by atoms with E-state index >= 15 is 0 Å². The molecule has 3 heteroatoms. The zero-order valence-corrected chi connectivity index (χ0v) is 12.2. The van der Waals surface area contributed by atoms with Gasteiger partial charge in [0.05, 0.1) is 6.04 Å². The van der Waals surface area contributed by atoms with Gasteiger partial charge in [0.15, 0.2) is 0 Å². The number of halogens is 1. The quantitative estimate of drug-likeness (QED) is 0.836. The lowest BCUT2D eigenvalue weighted by Crippen LogP contribution is -2.44. The van der Waals surface area contributed by atoms with Crippen LogP contribution in [0.15, 0.2) is 23.2 Å². The molecular weight excluding hydrogens is 256 g/mol. The van der Waals surface area contributed by atoms with E-state index in [1.165, 1.54) is 24.0 Å². The van der Waals surface area contributed by atoms with Gasteiger partial charge in [-0.3, -0.25) is 4.99 Å². The van der Waals surface area contributed by atoms with E-state index in [-0.39, 0.29) is 5.41 Å². The Balaban J connectivity index is 2.07. The Morgan fingerprint density at radius 1 is 1.42 bits per heavy atom. The summed E-state index contributed by atoms with van der Waals surface area (Å²) in [5.41, 5.74) is 2.89. The summed E-state index contributed by atoms with van der Waals surface area (Å²) >= 11 is 6.24. The molecule has 0 aromatic heterocycles. The maximum absolute atomic E-state index is 6.24. The summed E-state index contributed by atoms with van der Waals surface area (Å²) in [7, 11) is 0. The lowest BCUT2D eigenvalue weighted by molar-refractivity contribution is 0.337. The van der Waals surface area contributed by atoms with Crippen LogP contribution in [-0.2, 0) is 11.8 Å². The Labute approximate surface area is 120 Å². The molecule has 1 aromatic rings. The van der Waals surface area contributed by atoms with E-state index in [2.05, 4.69) is 30.6 Å². The van der Waals surface area contributed by atoms with Crippen molar-refractivity contribution in [1.82, 2.24) is 5.32 Å². The van der Waals surface area contributed by atoms with Crippen molar-refractivity contribution in [3.05, 3.63) is 34.3 Å². The lowest BCUT2D eigenvalue weighted by Gasteiger charge is -2.37. The molecule has 3 rings (SSSR count). The average molecular weight is 277 g/mol. The van der Waals surface area contributed by atoms with Crippen molar-refractivity contribution in [3.63, 3.8) is 0 Å². The first-order valence-corrected chi connectivity index (χ1v) is 7.59. The van der Waals surface area contributed by atoms with Crippen molar-refractivity contribution in [3.8, 4) is 0 Å². The fourth-order valence-corrected chi connectivity index (χ4v) is 3.60. The molecule has 0 amide bonds. The Kier molecular flexibility index (Phi) is 3.64. The standard InChI is InChI=1S/C16H21ClN2/c1-16(15-4-2-3-8-19-15)11-18-9-7-12-5-6-13(17)10-14(12)16/h5-6,8,10,15,18H,2-4,7,9,11H2,1H3/t15?,16-/m0/s1. The van der Waals surface area contributed by atoms with Crippen LogP contribution in [0.2, 0.25) is 5.02 Å². The largest absolute Gasteiger partial charge is 0.315 e. The van der Waals surface area contributed by atoms with Crippen LogP contribution in [0.4, 0.5) is 0 Å². The number of nitrogens with one attached hydrogen (secondary N) is 1. The molecule has 1 N–H and O–H groups in total. The molecule has 2 heterocycles. The predicted molar refractivity (Wildman–Crippen MR) is 81.5 cm³/mol. The highest BCUT2D eigenvalue weighted by Crippen LogP contribution is 2.37. The third-order valence-electron chi connectivity index (χ3n) is 4.58. The molecule has 0 aliphatic carbocycles. The van der Waals surface area contributed by atoms with Gasteiger partial charge in [-0.1, -0.05) is 24.6 Å². The summed E-state index contributed by atoms with van der Waals surface area (Å²) in [6.07, 6.45) is 6.75. The third-order valence-corrected chi connectivity index (χ3v) is 4.82. The minimum Gasteiger partial charge on any atom is -0.315 e. The number of aliphatic imine (C=N–C) groups is 1. The lowest BCUT2D eigenvalue weighted by atomic mass is 9.72. The van der Waals surface area contributed by atoms with Gasteiger partial charge >= 0.3 is 0 Å². The van der Waals surface area contributed by atoms with Gasteiger partial charge < -0.3 is 5.32 Å². The molecule has 0 fully saturated rings. The first-order valence-electron chi connectivity index (χ1n) is 7.21. The molecule has 2 atom stereocenters. The van der Waals surface area contributed by atoms with E-state index in [4.69, 9.17) is 16.6 Å². The van der Waals surface area contributed by atoms with Crippen LogP contribution >= 0.6 is 11.6 Å². The first-order chi connectivity index (χ1) is 9.20. The molecule has 0 bridgehead atoms. The summed E-state index contributed by atoms with van der Waals surface area (Å²) in [4.78, 5) is 4.79. The highest BCUT2D eigenvalue weighted by atomic mass is 35.5. The number of rotatable bonds is 1. The van der Waals surface area contributed by atoms with Gasteiger partial charge in [-0.05, 0) is 61.7 Å². The molecule has 2 nitrogen and oxygen atoms in total. The smallest absolute Gasteiger partial charge is 0.0602 e. The van der Waals surface area contributed by atoms with Gasteiger partial charge in [0.2, 0.25) is 0 Å². The summed E-state index contributed by atoms with van der Waals surface area (Å²) in [6.45, 7) is 4.37. The zero-order chi connectivity index (χ0) is 13.3. The first kappa shape index (κ1) is 13.1. The summed E-state index contributed by atoms with van der Waals surface area (Å²) in [6, 6.07) is 6.74. The van der Waals surface area contributed by atoms with E-state index in [1.807, 2.05) is 6.07 Å². The number of hydrogen-bond donors (Lipinski definition) is 1. The fraction of sp³-hybridized carbons (Fsp3) is 0.562. The maximum Gasteiger partial charge on any atom is 0.0602 e. The van der Waals surface area contributed by atoms with Gasteiger partial charge in [-0.25, -0.2) is 0 Å². The van der Waals surface area contributed by atoms with Gasteiger partial charge in [-0.15, -0.1) is 0 Å². The van der Waals surface area contributed by atoms with Gasteiger partial charge in [-0.2, -0.15) is 0 Å². The van der Waals surface area contributed by atoms with Gasteiger partial charge in [0.25, 0.3) is 0 Å². The molecule has 0 radical (unpaired) electrons. The monoisotopic (exact) mass is 276 g/mol. The number of nitrogens with zero attached hydrogens (tertiary/aromatic N) is 1. The maximum atomic E-state index is 6.24. The van der Waals surface area contributed by atoms with Crippen molar-refractivity contribution >= 4 is 17.8 Å². The second-order valence-electron chi connectivity index (χ2n) is 5.92. The zero-order valence-electron chi connectivity index (χ0n) is 11.5. The Bertz CT molecular complexity index is 498. The van der Waals surface area contributed by atoms with Gasteiger partial charge in [0, 0.05) is 17.0 Å². The van der Waals surface area contributed by atoms with E-state index in [0.717, 1.165) is 31.0 Å². The summed E-state index contributed by atoms with van der Waals surface area (Å²) in [5.74, 6) is 0. The molecule has 1 unspecified atom stereocenters. The molecule has 1 aromatic carbocycles. The topological polar surface area (TPSA) is 24.4 Å². The highest BCUT2D eigenvalue weighted by molar-refractivity contribution is 6.30.